The van der Waals surface area contributed by atoms with Gasteiger partial charge < -0.3 is 9.64 Å². The number of hydrogen-bond acceptors (Lipinski definition) is 5. The highest BCUT2D eigenvalue weighted by Crippen LogP contribution is 2.22. The topological polar surface area (TPSA) is 75.5 Å². The summed E-state index contributed by atoms with van der Waals surface area (Å²) < 4.78 is 7.46. The maximum Gasteiger partial charge on any atom is 0.297 e. The van der Waals surface area contributed by atoms with Crippen LogP contribution < -0.4 is 10.5 Å². The molecule has 0 amide bonds. The Morgan fingerprint density at radius 1 is 1.19 bits per heavy atom. The molecule has 0 atom stereocenters. The van der Waals surface area contributed by atoms with Gasteiger partial charge >= 0.3 is 0 Å². The fourth-order valence-corrected chi connectivity index (χ4v) is 3.65. The molecule has 1 fully saturated rings. The van der Waals surface area contributed by atoms with Gasteiger partial charge in [-0.15, -0.1) is 0 Å². The lowest BCUT2D eigenvalue weighted by Crippen LogP contribution is -2.41. The number of nitrogens with zero attached hydrogens (tertiary/aromatic N) is 4. The minimum atomic E-state index is -0.0985. The molecule has 3 heterocycles. The quantitative estimate of drug-likeness (QED) is 0.745. The molecule has 1 aromatic carbocycles. The molecular formula is C19H22ClN5O2. The molecule has 0 bridgehead atoms. The van der Waals surface area contributed by atoms with Crippen molar-refractivity contribution >= 4 is 23.1 Å². The van der Waals surface area contributed by atoms with E-state index in [1.54, 1.807) is 0 Å². The van der Waals surface area contributed by atoms with Crippen molar-refractivity contribution in [3.63, 3.8) is 0 Å². The van der Waals surface area contributed by atoms with Crippen molar-refractivity contribution in [2.75, 3.05) is 18.0 Å². The Balaban J connectivity index is 1.42. The van der Waals surface area contributed by atoms with Gasteiger partial charge in [0.05, 0.1) is 18.4 Å². The van der Waals surface area contributed by atoms with E-state index in [1.165, 1.54) is 4.52 Å². The number of rotatable bonds is 4. The van der Waals surface area contributed by atoms with E-state index in [4.69, 9.17) is 16.3 Å². The zero-order valence-corrected chi connectivity index (χ0v) is 16.2. The van der Waals surface area contributed by atoms with Crippen LogP contribution in [0, 0.1) is 13.8 Å². The van der Waals surface area contributed by atoms with Crippen LogP contribution in [0.1, 0.15) is 29.9 Å². The van der Waals surface area contributed by atoms with Crippen LogP contribution in [0.2, 0.25) is 5.02 Å². The maximum absolute atomic E-state index is 12.8. The molecule has 0 unspecified atom stereocenters. The van der Waals surface area contributed by atoms with Gasteiger partial charge in [-0.25, -0.2) is 4.98 Å². The van der Waals surface area contributed by atoms with Crippen LogP contribution in [0.15, 0.2) is 29.1 Å². The number of ether oxygens (including phenoxy) is 1. The molecule has 3 aromatic rings. The van der Waals surface area contributed by atoms with Crippen LogP contribution in [0.5, 0.6) is 0 Å². The van der Waals surface area contributed by atoms with Crippen molar-refractivity contribution in [2.45, 2.75) is 39.4 Å². The Bertz CT molecular complexity index is 1000. The van der Waals surface area contributed by atoms with Gasteiger partial charge in [0.2, 0.25) is 0 Å². The molecule has 0 aliphatic carbocycles. The summed E-state index contributed by atoms with van der Waals surface area (Å²) >= 11 is 5.91. The van der Waals surface area contributed by atoms with Crippen LogP contribution in [-0.2, 0) is 11.3 Å². The van der Waals surface area contributed by atoms with E-state index in [1.807, 2.05) is 38.1 Å². The normalized spacial score (nSPS) is 15.6. The SMILES string of the molecule is Cc1nc2nc(C)c(N3CCC(OCc4ccc(Cl)cc4)CC3)c(=O)n2[nH]1. The number of aromatic amines is 1. The van der Waals surface area contributed by atoms with Gasteiger partial charge in [-0.05, 0) is 44.4 Å². The molecule has 1 saturated heterocycles. The Morgan fingerprint density at radius 2 is 1.89 bits per heavy atom. The van der Waals surface area contributed by atoms with Gasteiger partial charge in [-0.1, -0.05) is 23.7 Å². The van der Waals surface area contributed by atoms with Crippen molar-refractivity contribution < 1.29 is 4.74 Å². The highest BCUT2D eigenvalue weighted by Gasteiger charge is 2.24. The third kappa shape index (κ3) is 3.70. The van der Waals surface area contributed by atoms with Gasteiger partial charge in [-0.3, -0.25) is 9.89 Å². The lowest BCUT2D eigenvalue weighted by Gasteiger charge is -2.33. The van der Waals surface area contributed by atoms with Crippen molar-refractivity contribution in [3.8, 4) is 0 Å². The van der Waals surface area contributed by atoms with Crippen LogP contribution >= 0.6 is 11.6 Å². The number of piperidine rings is 1. The van der Waals surface area contributed by atoms with E-state index in [2.05, 4.69) is 20.0 Å². The molecule has 142 valence electrons. The summed E-state index contributed by atoms with van der Waals surface area (Å²) in [6.07, 6.45) is 1.93. The summed E-state index contributed by atoms with van der Waals surface area (Å²) in [6, 6.07) is 7.71. The summed E-state index contributed by atoms with van der Waals surface area (Å²) in [6.45, 7) is 5.78. The summed E-state index contributed by atoms with van der Waals surface area (Å²) in [5.41, 5.74) is 2.37. The lowest BCUT2D eigenvalue weighted by atomic mass is 10.1. The molecule has 2 aromatic heterocycles. The number of halogens is 1. The third-order valence-electron chi connectivity index (χ3n) is 4.91. The molecular weight excluding hydrogens is 366 g/mol. The van der Waals surface area contributed by atoms with Crippen molar-refractivity contribution in [3.05, 3.63) is 56.7 Å². The highest BCUT2D eigenvalue weighted by molar-refractivity contribution is 6.30. The van der Waals surface area contributed by atoms with E-state index < -0.39 is 0 Å². The second-order valence-corrected chi connectivity index (χ2v) is 7.36. The standard InChI is InChI=1S/C19H22ClN5O2/c1-12-17(18(26)25-19(21-12)22-13(2)23-25)24-9-7-16(8-10-24)27-11-14-3-5-15(20)6-4-14/h3-6,16H,7-11H2,1-2H3,(H,21,22,23). The van der Waals surface area contributed by atoms with Gasteiger partial charge in [0.15, 0.2) is 0 Å². The smallest absolute Gasteiger partial charge is 0.297 e. The summed E-state index contributed by atoms with van der Waals surface area (Å²) in [7, 11) is 0. The average molecular weight is 388 g/mol. The number of aryl methyl sites for hydroxylation is 2. The van der Waals surface area contributed by atoms with E-state index in [-0.39, 0.29) is 11.7 Å². The van der Waals surface area contributed by atoms with Crippen molar-refractivity contribution in [1.82, 2.24) is 19.6 Å². The van der Waals surface area contributed by atoms with Gasteiger partial charge in [-0.2, -0.15) is 9.50 Å². The Kier molecular flexibility index (Phi) is 4.88. The number of benzene rings is 1. The first-order valence-electron chi connectivity index (χ1n) is 9.08. The van der Waals surface area contributed by atoms with Gasteiger partial charge in [0.25, 0.3) is 11.3 Å². The monoisotopic (exact) mass is 387 g/mol. The molecule has 27 heavy (non-hydrogen) atoms. The second kappa shape index (κ2) is 7.32. The van der Waals surface area contributed by atoms with Gasteiger partial charge in [0.1, 0.15) is 11.5 Å². The fourth-order valence-electron chi connectivity index (χ4n) is 3.52. The van der Waals surface area contributed by atoms with E-state index in [9.17, 15) is 4.79 Å². The molecule has 0 spiro atoms. The molecule has 0 radical (unpaired) electrons. The first-order valence-corrected chi connectivity index (χ1v) is 9.46. The molecule has 1 aliphatic heterocycles. The second-order valence-electron chi connectivity index (χ2n) is 6.92. The fraction of sp³-hybridized carbons (Fsp3) is 0.421. The van der Waals surface area contributed by atoms with Crippen molar-refractivity contribution in [2.24, 2.45) is 0 Å². The summed E-state index contributed by atoms with van der Waals surface area (Å²) in [5.74, 6) is 1.09. The predicted octanol–water partition coefficient (Wildman–Crippen LogP) is 2.87. The Hall–Kier alpha value is -2.38. The maximum atomic E-state index is 12.8. The molecule has 7 nitrogen and oxygen atoms in total. The van der Waals surface area contributed by atoms with Crippen LogP contribution in [0.25, 0.3) is 5.78 Å². The van der Waals surface area contributed by atoms with E-state index in [0.717, 1.165) is 36.5 Å². The first-order chi connectivity index (χ1) is 13.0. The van der Waals surface area contributed by atoms with E-state index in [0.29, 0.717) is 29.6 Å². The Labute approximate surface area is 161 Å². The number of hydrogen-bond donors (Lipinski definition) is 1. The zero-order valence-electron chi connectivity index (χ0n) is 15.4. The number of fused-ring (bicyclic) bond motifs is 1. The number of aromatic nitrogens is 4. The molecule has 1 aliphatic rings. The molecule has 8 heteroatoms. The van der Waals surface area contributed by atoms with Gasteiger partial charge in [0, 0.05) is 18.1 Å². The summed E-state index contributed by atoms with van der Waals surface area (Å²) in [4.78, 5) is 23.7. The number of nitrogens with one attached hydrogen (secondary N) is 1. The largest absolute Gasteiger partial charge is 0.373 e. The Morgan fingerprint density at radius 3 is 2.59 bits per heavy atom. The third-order valence-corrected chi connectivity index (χ3v) is 5.17. The van der Waals surface area contributed by atoms with Crippen LogP contribution in [0.3, 0.4) is 0 Å². The summed E-state index contributed by atoms with van der Waals surface area (Å²) in [5, 5.41) is 3.68. The van der Waals surface area contributed by atoms with Crippen molar-refractivity contribution in [1.29, 1.82) is 0 Å². The minimum Gasteiger partial charge on any atom is -0.373 e. The van der Waals surface area contributed by atoms with Crippen LogP contribution in [0.4, 0.5) is 5.69 Å². The van der Waals surface area contributed by atoms with Crippen LogP contribution in [-0.4, -0.2) is 38.8 Å². The minimum absolute atomic E-state index is 0.0985. The average Bonchev–Trinajstić information content (AvgIpc) is 3.03. The predicted molar refractivity (Wildman–Crippen MR) is 105 cm³/mol. The molecule has 1 N–H and O–H groups in total. The molecule has 0 saturated carbocycles. The highest BCUT2D eigenvalue weighted by atomic mass is 35.5. The van der Waals surface area contributed by atoms with E-state index >= 15 is 0 Å². The first kappa shape index (κ1) is 18.0. The number of anilines is 1. The molecule has 4 rings (SSSR count). The number of H-pyrrole nitrogens is 1. The zero-order chi connectivity index (χ0) is 19.0. The lowest BCUT2D eigenvalue weighted by molar-refractivity contribution is 0.0251.